The summed E-state index contributed by atoms with van der Waals surface area (Å²) in [6, 6.07) is 16.5. The normalized spacial score (nSPS) is 13.2. The van der Waals surface area contributed by atoms with Gasteiger partial charge in [0.1, 0.15) is 5.69 Å². The third-order valence-electron chi connectivity index (χ3n) is 6.24. The maximum Gasteiger partial charge on any atom is 0.269 e. The molecule has 0 spiro atoms. The maximum atomic E-state index is 13.7. The van der Waals surface area contributed by atoms with E-state index >= 15 is 0 Å². The van der Waals surface area contributed by atoms with Gasteiger partial charge in [0, 0.05) is 47.9 Å². The topological polar surface area (TPSA) is 103 Å². The highest BCUT2D eigenvalue weighted by Crippen LogP contribution is 2.32. The SMILES string of the molecule is CNC(=O)c1ccc(-c2cnn3ccc(C(=O)N(c4ccc(C#N)cc4)C4CCC4)cc23)cn1. The summed E-state index contributed by atoms with van der Waals surface area (Å²) >= 11 is 0. The lowest BCUT2D eigenvalue weighted by Gasteiger charge is -2.37. The zero-order chi connectivity index (χ0) is 23.7. The van der Waals surface area contributed by atoms with E-state index in [-0.39, 0.29) is 17.9 Å². The minimum Gasteiger partial charge on any atom is -0.354 e. The van der Waals surface area contributed by atoms with Crippen LogP contribution >= 0.6 is 0 Å². The second kappa shape index (κ2) is 8.79. The second-order valence-electron chi connectivity index (χ2n) is 8.23. The van der Waals surface area contributed by atoms with Gasteiger partial charge in [-0.05, 0) is 61.7 Å². The van der Waals surface area contributed by atoms with Crippen LogP contribution in [0, 0.1) is 11.3 Å². The standard InChI is InChI=1S/C26H22N6O2/c1-28-25(33)23-10-7-19(15-29-23)22-16-30-31-12-11-18(13-24(22)31)26(34)32(20-3-2-4-20)21-8-5-17(14-27)6-9-21/h5-13,15-16,20H,2-4H2,1H3,(H,28,33). The molecule has 0 bridgehead atoms. The number of pyridine rings is 2. The number of benzene rings is 1. The van der Waals surface area contributed by atoms with Crippen LogP contribution in [0.3, 0.4) is 0 Å². The number of hydrogen-bond donors (Lipinski definition) is 1. The Morgan fingerprint density at radius 3 is 2.53 bits per heavy atom. The molecular formula is C26H22N6O2. The largest absolute Gasteiger partial charge is 0.354 e. The Morgan fingerprint density at radius 1 is 1.12 bits per heavy atom. The molecule has 1 fully saturated rings. The monoisotopic (exact) mass is 450 g/mol. The molecule has 0 saturated heterocycles. The van der Waals surface area contributed by atoms with E-state index in [1.54, 1.807) is 54.4 Å². The van der Waals surface area contributed by atoms with E-state index in [4.69, 9.17) is 5.26 Å². The van der Waals surface area contributed by atoms with Crippen molar-refractivity contribution in [3.05, 3.63) is 83.9 Å². The molecule has 0 atom stereocenters. The average Bonchev–Trinajstić information content (AvgIpc) is 3.28. The van der Waals surface area contributed by atoms with Gasteiger partial charge in [-0.3, -0.25) is 14.6 Å². The van der Waals surface area contributed by atoms with E-state index in [2.05, 4.69) is 21.5 Å². The Bertz CT molecular complexity index is 1410. The Morgan fingerprint density at radius 2 is 1.91 bits per heavy atom. The smallest absolute Gasteiger partial charge is 0.269 e. The highest BCUT2D eigenvalue weighted by molar-refractivity contribution is 6.07. The zero-order valence-corrected chi connectivity index (χ0v) is 18.6. The summed E-state index contributed by atoms with van der Waals surface area (Å²) in [5, 5.41) is 16.1. The molecule has 0 unspecified atom stereocenters. The van der Waals surface area contributed by atoms with Gasteiger partial charge in [0.25, 0.3) is 11.8 Å². The Labute approximate surface area is 196 Å². The lowest BCUT2D eigenvalue weighted by Crippen LogP contribution is -2.44. The van der Waals surface area contributed by atoms with E-state index in [0.29, 0.717) is 16.8 Å². The molecule has 2 amide bonds. The van der Waals surface area contributed by atoms with Crippen molar-refractivity contribution in [3.63, 3.8) is 0 Å². The number of carbonyl (C=O) groups is 2. The van der Waals surface area contributed by atoms with Crippen LogP contribution in [0.4, 0.5) is 5.69 Å². The first-order valence-electron chi connectivity index (χ1n) is 11.1. The fourth-order valence-corrected chi connectivity index (χ4v) is 4.13. The molecule has 1 aliphatic rings. The maximum absolute atomic E-state index is 13.7. The Hall–Kier alpha value is -4.51. The molecule has 1 saturated carbocycles. The molecule has 0 radical (unpaired) electrons. The van der Waals surface area contributed by atoms with Crippen LogP contribution in [0.2, 0.25) is 0 Å². The van der Waals surface area contributed by atoms with E-state index in [0.717, 1.165) is 41.6 Å². The summed E-state index contributed by atoms with van der Waals surface area (Å²) in [5.74, 6) is -0.338. The van der Waals surface area contributed by atoms with Crippen molar-refractivity contribution in [1.29, 1.82) is 5.26 Å². The lowest BCUT2D eigenvalue weighted by atomic mass is 9.90. The van der Waals surface area contributed by atoms with E-state index < -0.39 is 0 Å². The summed E-state index contributed by atoms with van der Waals surface area (Å²) in [6.45, 7) is 0. The Kier molecular flexibility index (Phi) is 5.52. The third-order valence-corrected chi connectivity index (χ3v) is 6.24. The van der Waals surface area contributed by atoms with Gasteiger partial charge in [-0.1, -0.05) is 6.07 Å². The molecule has 5 rings (SSSR count). The minimum atomic E-state index is -0.252. The van der Waals surface area contributed by atoms with E-state index in [1.807, 2.05) is 29.2 Å². The van der Waals surface area contributed by atoms with E-state index in [1.165, 1.54) is 0 Å². The zero-order valence-electron chi connectivity index (χ0n) is 18.6. The molecule has 8 heteroatoms. The molecule has 1 aromatic carbocycles. The summed E-state index contributed by atoms with van der Waals surface area (Å²) in [4.78, 5) is 31.6. The molecule has 4 aromatic rings. The third kappa shape index (κ3) is 3.77. The number of rotatable bonds is 5. The van der Waals surface area contributed by atoms with Crippen molar-refractivity contribution < 1.29 is 9.59 Å². The summed E-state index contributed by atoms with van der Waals surface area (Å²) in [6.07, 6.45) is 8.13. The molecule has 3 heterocycles. The van der Waals surface area contributed by atoms with Gasteiger partial charge in [-0.15, -0.1) is 0 Å². The molecule has 1 aliphatic carbocycles. The molecule has 1 N–H and O–H groups in total. The number of nitriles is 1. The summed E-state index contributed by atoms with van der Waals surface area (Å²) in [5.41, 5.74) is 4.63. The average molecular weight is 451 g/mol. The van der Waals surface area contributed by atoms with Crippen LogP contribution in [-0.4, -0.2) is 39.5 Å². The summed E-state index contributed by atoms with van der Waals surface area (Å²) < 4.78 is 1.72. The van der Waals surface area contributed by atoms with Gasteiger partial charge in [0.15, 0.2) is 0 Å². The lowest BCUT2D eigenvalue weighted by molar-refractivity contribution is 0.0952. The Balaban J connectivity index is 1.51. The molecule has 34 heavy (non-hydrogen) atoms. The summed E-state index contributed by atoms with van der Waals surface area (Å²) in [7, 11) is 1.56. The molecule has 3 aromatic heterocycles. The van der Waals surface area contributed by atoms with Crippen molar-refractivity contribution in [2.24, 2.45) is 0 Å². The highest BCUT2D eigenvalue weighted by atomic mass is 16.2. The predicted molar refractivity (Wildman–Crippen MR) is 127 cm³/mol. The van der Waals surface area contributed by atoms with Crippen molar-refractivity contribution >= 4 is 23.0 Å². The predicted octanol–water partition coefficient (Wildman–Crippen LogP) is 3.83. The first-order valence-corrected chi connectivity index (χ1v) is 11.1. The van der Waals surface area contributed by atoms with Gasteiger partial charge in [-0.25, -0.2) is 4.52 Å². The number of fused-ring (bicyclic) bond motifs is 1. The highest BCUT2D eigenvalue weighted by Gasteiger charge is 2.31. The van der Waals surface area contributed by atoms with Crippen molar-refractivity contribution in [1.82, 2.24) is 19.9 Å². The van der Waals surface area contributed by atoms with Crippen LogP contribution < -0.4 is 10.2 Å². The number of nitrogens with zero attached hydrogens (tertiary/aromatic N) is 5. The van der Waals surface area contributed by atoms with Gasteiger partial charge in [-0.2, -0.15) is 10.4 Å². The van der Waals surface area contributed by atoms with Gasteiger partial charge >= 0.3 is 0 Å². The van der Waals surface area contributed by atoms with Crippen LogP contribution in [0.15, 0.2) is 67.1 Å². The van der Waals surface area contributed by atoms with Crippen molar-refractivity contribution in [2.75, 3.05) is 11.9 Å². The van der Waals surface area contributed by atoms with Crippen LogP contribution in [0.25, 0.3) is 16.6 Å². The molecule has 168 valence electrons. The number of amides is 2. The number of anilines is 1. The van der Waals surface area contributed by atoms with Crippen molar-refractivity contribution in [3.8, 4) is 17.2 Å². The fraction of sp³-hybridized carbons (Fsp3) is 0.192. The first kappa shape index (κ1) is 21.3. The molecule has 8 nitrogen and oxygen atoms in total. The quantitative estimate of drug-likeness (QED) is 0.498. The first-order chi connectivity index (χ1) is 16.6. The number of aromatic nitrogens is 3. The van der Waals surface area contributed by atoms with Crippen molar-refractivity contribution in [2.45, 2.75) is 25.3 Å². The van der Waals surface area contributed by atoms with Crippen LogP contribution in [0.5, 0.6) is 0 Å². The second-order valence-corrected chi connectivity index (χ2v) is 8.23. The number of carbonyl (C=O) groups excluding carboxylic acids is 2. The van der Waals surface area contributed by atoms with Gasteiger partial charge in [0.05, 0.1) is 23.3 Å². The fourth-order valence-electron chi connectivity index (χ4n) is 4.13. The number of hydrogen-bond acceptors (Lipinski definition) is 5. The van der Waals surface area contributed by atoms with Gasteiger partial charge < -0.3 is 10.2 Å². The number of nitrogens with one attached hydrogen (secondary N) is 1. The molecular weight excluding hydrogens is 428 g/mol. The van der Waals surface area contributed by atoms with Crippen LogP contribution in [-0.2, 0) is 0 Å². The van der Waals surface area contributed by atoms with Gasteiger partial charge in [0.2, 0.25) is 0 Å². The minimum absolute atomic E-state index is 0.0860. The molecule has 0 aliphatic heterocycles. The van der Waals surface area contributed by atoms with Crippen LogP contribution in [0.1, 0.15) is 45.7 Å². The van der Waals surface area contributed by atoms with E-state index in [9.17, 15) is 9.59 Å².